The maximum Gasteiger partial charge on any atom is 0.328 e. The number of hydrogen-bond donors (Lipinski definition) is 2. The minimum Gasteiger partial charge on any atom is -0.467 e. The second kappa shape index (κ2) is 5.83. The highest BCUT2D eigenvalue weighted by molar-refractivity contribution is 5.88. The summed E-state index contributed by atoms with van der Waals surface area (Å²) in [6.07, 6.45) is 4.98. The van der Waals surface area contributed by atoms with Crippen LogP contribution in [0, 0.1) is 0 Å². The van der Waals surface area contributed by atoms with Gasteiger partial charge in [-0.15, -0.1) is 0 Å². The highest BCUT2D eigenvalue weighted by Crippen LogP contribution is 2.19. The Labute approximate surface area is 111 Å². The molecule has 1 amide bonds. The fourth-order valence-electron chi connectivity index (χ4n) is 2.35. The first kappa shape index (κ1) is 13.5. The number of carbonyl (C=O) groups excluding carboxylic acids is 2. The third-order valence-electron chi connectivity index (χ3n) is 3.32. The normalized spacial score (nSPS) is 20.3. The van der Waals surface area contributed by atoms with Crippen LogP contribution in [-0.4, -0.2) is 52.5 Å². The van der Waals surface area contributed by atoms with Crippen molar-refractivity contribution in [3.8, 4) is 0 Å². The van der Waals surface area contributed by atoms with Gasteiger partial charge in [-0.3, -0.25) is 4.79 Å². The Bertz CT molecular complexity index is 446. The SMILES string of the molecule is COC(=O)[C@@H]1CCCN1C(=O)[C@@H](N)Cc1cnc[nH]1. The molecular formula is C12H18N4O3. The van der Waals surface area contributed by atoms with Gasteiger partial charge in [0.2, 0.25) is 5.91 Å². The van der Waals surface area contributed by atoms with Crippen LogP contribution in [-0.2, 0) is 20.7 Å². The largest absolute Gasteiger partial charge is 0.467 e. The standard InChI is InChI=1S/C12H18N4O3/c1-19-12(18)10-3-2-4-16(10)11(17)9(13)5-8-6-14-7-15-8/h6-7,9-10H,2-5,13H2,1H3,(H,14,15)/t9-,10-/m0/s1. The van der Waals surface area contributed by atoms with E-state index in [2.05, 4.69) is 9.97 Å². The quantitative estimate of drug-likeness (QED) is 0.712. The fourth-order valence-corrected chi connectivity index (χ4v) is 2.35. The minimum atomic E-state index is -0.675. The lowest BCUT2D eigenvalue weighted by Gasteiger charge is -2.25. The Hall–Kier alpha value is -1.89. The van der Waals surface area contributed by atoms with E-state index in [9.17, 15) is 9.59 Å². The summed E-state index contributed by atoms with van der Waals surface area (Å²) in [5, 5.41) is 0. The molecule has 0 bridgehead atoms. The zero-order valence-corrected chi connectivity index (χ0v) is 10.8. The number of hydrogen-bond acceptors (Lipinski definition) is 5. The van der Waals surface area contributed by atoms with Crippen LogP contribution in [0.5, 0.6) is 0 Å². The summed E-state index contributed by atoms with van der Waals surface area (Å²) >= 11 is 0. The number of ether oxygens (including phenoxy) is 1. The molecule has 1 aromatic rings. The monoisotopic (exact) mass is 266 g/mol. The lowest BCUT2D eigenvalue weighted by molar-refractivity contribution is -0.151. The van der Waals surface area contributed by atoms with E-state index < -0.39 is 12.1 Å². The first-order valence-corrected chi connectivity index (χ1v) is 6.24. The topological polar surface area (TPSA) is 101 Å². The van der Waals surface area contributed by atoms with Crippen molar-refractivity contribution in [2.45, 2.75) is 31.3 Å². The van der Waals surface area contributed by atoms with Gasteiger partial charge in [-0.1, -0.05) is 0 Å². The van der Waals surface area contributed by atoms with Crippen LogP contribution in [0.3, 0.4) is 0 Å². The van der Waals surface area contributed by atoms with Crippen molar-refractivity contribution in [3.63, 3.8) is 0 Å². The number of esters is 1. The Morgan fingerprint density at radius 2 is 2.47 bits per heavy atom. The number of nitrogens with one attached hydrogen (secondary N) is 1. The number of nitrogens with zero attached hydrogens (tertiary/aromatic N) is 2. The summed E-state index contributed by atoms with van der Waals surface area (Å²) in [6, 6.07) is -1.17. The van der Waals surface area contributed by atoms with Gasteiger partial charge in [-0.05, 0) is 12.8 Å². The molecule has 0 spiro atoms. The van der Waals surface area contributed by atoms with Crippen molar-refractivity contribution in [3.05, 3.63) is 18.2 Å². The number of aromatic amines is 1. The molecule has 1 saturated heterocycles. The van der Waals surface area contributed by atoms with E-state index >= 15 is 0 Å². The van der Waals surface area contributed by atoms with Crippen LogP contribution in [0.2, 0.25) is 0 Å². The molecule has 1 fully saturated rings. The molecule has 0 unspecified atom stereocenters. The van der Waals surface area contributed by atoms with Crippen molar-refractivity contribution in [1.29, 1.82) is 0 Å². The van der Waals surface area contributed by atoms with Gasteiger partial charge in [0.15, 0.2) is 0 Å². The zero-order chi connectivity index (χ0) is 13.8. The number of amides is 1. The van der Waals surface area contributed by atoms with Crippen LogP contribution < -0.4 is 5.73 Å². The predicted molar refractivity (Wildman–Crippen MR) is 67.0 cm³/mol. The van der Waals surface area contributed by atoms with Gasteiger partial charge >= 0.3 is 5.97 Å². The minimum absolute atomic E-state index is 0.220. The number of imidazole rings is 1. The average Bonchev–Trinajstić information content (AvgIpc) is 3.07. The van der Waals surface area contributed by atoms with E-state index in [4.69, 9.17) is 10.5 Å². The van der Waals surface area contributed by atoms with Crippen LogP contribution in [0.4, 0.5) is 0 Å². The highest BCUT2D eigenvalue weighted by atomic mass is 16.5. The van der Waals surface area contributed by atoms with Crippen molar-refractivity contribution in [1.82, 2.24) is 14.9 Å². The van der Waals surface area contributed by atoms with Gasteiger partial charge in [-0.25, -0.2) is 9.78 Å². The molecule has 1 aliphatic heterocycles. The molecular weight excluding hydrogens is 248 g/mol. The lowest BCUT2D eigenvalue weighted by Crippen LogP contribution is -2.49. The van der Waals surface area contributed by atoms with Crippen LogP contribution in [0.1, 0.15) is 18.5 Å². The molecule has 0 radical (unpaired) electrons. The molecule has 1 aromatic heterocycles. The first-order chi connectivity index (χ1) is 9.13. The number of nitrogens with two attached hydrogens (primary N) is 1. The summed E-state index contributed by atoms with van der Waals surface area (Å²) < 4.78 is 4.71. The van der Waals surface area contributed by atoms with E-state index in [1.807, 2.05) is 0 Å². The van der Waals surface area contributed by atoms with E-state index in [1.165, 1.54) is 12.0 Å². The molecule has 3 N–H and O–H groups in total. The third-order valence-corrected chi connectivity index (χ3v) is 3.32. The maximum atomic E-state index is 12.3. The molecule has 0 saturated carbocycles. The molecule has 2 heterocycles. The molecule has 0 aromatic carbocycles. The Morgan fingerprint density at radius 3 is 3.11 bits per heavy atom. The molecule has 7 nitrogen and oxygen atoms in total. The Balaban J connectivity index is 2.00. The first-order valence-electron chi connectivity index (χ1n) is 6.24. The number of likely N-dealkylation sites (tertiary alicyclic amines) is 1. The zero-order valence-electron chi connectivity index (χ0n) is 10.8. The van der Waals surface area contributed by atoms with Gasteiger partial charge in [0.05, 0.1) is 19.5 Å². The molecule has 1 aliphatic rings. The predicted octanol–water partition coefficient (Wildman–Crippen LogP) is -0.556. The average molecular weight is 266 g/mol. The summed E-state index contributed by atoms with van der Waals surface area (Å²) in [5.74, 6) is -0.595. The van der Waals surface area contributed by atoms with Crippen molar-refractivity contribution < 1.29 is 14.3 Å². The Morgan fingerprint density at radius 1 is 1.68 bits per heavy atom. The lowest BCUT2D eigenvalue weighted by atomic mass is 10.1. The molecule has 104 valence electrons. The van der Waals surface area contributed by atoms with Crippen molar-refractivity contribution in [2.24, 2.45) is 5.73 Å². The van der Waals surface area contributed by atoms with E-state index in [-0.39, 0.29) is 11.9 Å². The molecule has 2 atom stereocenters. The highest BCUT2D eigenvalue weighted by Gasteiger charge is 2.36. The molecule has 0 aliphatic carbocycles. The fraction of sp³-hybridized carbons (Fsp3) is 0.583. The van der Waals surface area contributed by atoms with Crippen LogP contribution >= 0.6 is 0 Å². The third kappa shape index (κ3) is 2.93. The maximum absolute atomic E-state index is 12.3. The summed E-state index contributed by atoms with van der Waals surface area (Å²) in [5.41, 5.74) is 6.70. The van der Waals surface area contributed by atoms with Gasteiger partial charge in [0.1, 0.15) is 6.04 Å². The Kier molecular flexibility index (Phi) is 4.16. The second-order valence-electron chi connectivity index (χ2n) is 4.60. The molecule has 2 rings (SSSR count). The van der Waals surface area contributed by atoms with Gasteiger partial charge in [0, 0.05) is 24.9 Å². The van der Waals surface area contributed by atoms with Gasteiger partial charge < -0.3 is 20.4 Å². The van der Waals surface area contributed by atoms with E-state index in [0.717, 1.165) is 12.1 Å². The number of rotatable bonds is 4. The number of methoxy groups -OCH3 is 1. The van der Waals surface area contributed by atoms with Crippen LogP contribution in [0.15, 0.2) is 12.5 Å². The van der Waals surface area contributed by atoms with Crippen molar-refractivity contribution >= 4 is 11.9 Å². The van der Waals surface area contributed by atoms with E-state index in [1.54, 1.807) is 12.5 Å². The molecule has 7 heteroatoms. The summed E-state index contributed by atoms with van der Waals surface area (Å²) in [6.45, 7) is 0.551. The van der Waals surface area contributed by atoms with Crippen molar-refractivity contribution in [2.75, 3.05) is 13.7 Å². The second-order valence-corrected chi connectivity index (χ2v) is 4.60. The molecule has 19 heavy (non-hydrogen) atoms. The van der Waals surface area contributed by atoms with E-state index in [0.29, 0.717) is 19.4 Å². The summed E-state index contributed by atoms with van der Waals surface area (Å²) in [4.78, 5) is 32.2. The number of aromatic nitrogens is 2. The number of carbonyl (C=O) groups is 2. The van der Waals surface area contributed by atoms with Gasteiger partial charge in [0.25, 0.3) is 0 Å². The smallest absolute Gasteiger partial charge is 0.328 e. The number of H-pyrrole nitrogens is 1. The van der Waals surface area contributed by atoms with Crippen LogP contribution in [0.25, 0.3) is 0 Å². The van der Waals surface area contributed by atoms with Gasteiger partial charge in [-0.2, -0.15) is 0 Å². The summed E-state index contributed by atoms with van der Waals surface area (Å²) in [7, 11) is 1.33.